The quantitative estimate of drug-likeness (QED) is 0.194. The normalized spacial score (nSPS) is 17.0. The molecule has 7 heteroatoms. The minimum atomic E-state index is -0.584. The molecule has 0 aromatic rings. The molecule has 7 nitrogen and oxygen atoms in total. The van der Waals surface area contributed by atoms with Crippen LogP contribution >= 0.6 is 0 Å². The van der Waals surface area contributed by atoms with Gasteiger partial charge < -0.3 is 20.5 Å². The maximum absolute atomic E-state index is 13.1. The SMILES string of the molecule is C=CCCCCC(=O)OC[C@@H](NC(=O)[C@@H](CC=C)CC(=O)NC1(CO)CCCC1)C(C)(C)C. The van der Waals surface area contributed by atoms with Gasteiger partial charge in [-0.1, -0.05) is 45.8 Å². The van der Waals surface area contributed by atoms with Gasteiger partial charge in [0, 0.05) is 12.8 Å². The lowest BCUT2D eigenvalue weighted by atomic mass is 9.86. The van der Waals surface area contributed by atoms with E-state index in [9.17, 15) is 19.5 Å². The molecule has 0 radical (unpaired) electrons. The number of unbranched alkanes of at least 4 members (excludes halogenated alkanes) is 2. The Bertz CT molecular complexity index is 662. The minimum Gasteiger partial charge on any atom is -0.463 e. The number of aliphatic hydroxyl groups is 1. The second-order valence-electron chi connectivity index (χ2n) is 10.3. The van der Waals surface area contributed by atoms with Gasteiger partial charge in [0.25, 0.3) is 0 Å². The largest absolute Gasteiger partial charge is 0.463 e. The number of amides is 2. The molecule has 2 atom stereocenters. The zero-order valence-corrected chi connectivity index (χ0v) is 20.8. The van der Waals surface area contributed by atoms with Gasteiger partial charge in [-0.2, -0.15) is 0 Å². The second kappa shape index (κ2) is 14.2. The highest BCUT2D eigenvalue weighted by atomic mass is 16.5. The number of hydrogen-bond donors (Lipinski definition) is 3. The van der Waals surface area contributed by atoms with E-state index in [1.807, 2.05) is 26.8 Å². The molecule has 1 rings (SSSR count). The summed E-state index contributed by atoms with van der Waals surface area (Å²) in [7, 11) is 0. The summed E-state index contributed by atoms with van der Waals surface area (Å²) < 4.78 is 5.44. The molecule has 0 bridgehead atoms. The zero-order valence-electron chi connectivity index (χ0n) is 20.8. The number of ether oxygens (including phenoxy) is 1. The molecule has 0 heterocycles. The van der Waals surface area contributed by atoms with E-state index in [2.05, 4.69) is 23.8 Å². The molecular formula is C26H44N2O5. The maximum atomic E-state index is 13.1. The topological polar surface area (TPSA) is 105 Å². The molecular weight excluding hydrogens is 420 g/mol. The van der Waals surface area contributed by atoms with Gasteiger partial charge >= 0.3 is 5.97 Å². The van der Waals surface area contributed by atoms with Crippen LogP contribution in [0.5, 0.6) is 0 Å². The Labute approximate surface area is 199 Å². The monoisotopic (exact) mass is 464 g/mol. The summed E-state index contributed by atoms with van der Waals surface area (Å²) >= 11 is 0. The number of nitrogens with one attached hydrogen (secondary N) is 2. The molecule has 1 fully saturated rings. The van der Waals surface area contributed by atoms with Crippen LogP contribution in [-0.4, -0.2) is 47.7 Å². The second-order valence-corrected chi connectivity index (χ2v) is 10.3. The molecule has 0 spiro atoms. The van der Waals surface area contributed by atoms with Crippen molar-refractivity contribution >= 4 is 17.8 Å². The average Bonchev–Trinajstić information content (AvgIpc) is 3.21. The lowest BCUT2D eigenvalue weighted by Gasteiger charge is -2.32. The Balaban J connectivity index is 2.69. The first-order valence-corrected chi connectivity index (χ1v) is 12.2. The van der Waals surface area contributed by atoms with Gasteiger partial charge in [-0.05, 0) is 43.9 Å². The third-order valence-electron chi connectivity index (χ3n) is 6.33. The van der Waals surface area contributed by atoms with E-state index in [1.165, 1.54) is 0 Å². The number of esters is 1. The number of carbonyl (C=O) groups excluding carboxylic acids is 3. The van der Waals surface area contributed by atoms with Crippen molar-refractivity contribution in [3.8, 4) is 0 Å². The smallest absolute Gasteiger partial charge is 0.305 e. The molecule has 33 heavy (non-hydrogen) atoms. The maximum Gasteiger partial charge on any atom is 0.305 e. The van der Waals surface area contributed by atoms with Crippen LogP contribution in [0.25, 0.3) is 0 Å². The molecule has 2 amide bonds. The van der Waals surface area contributed by atoms with Crippen LogP contribution < -0.4 is 10.6 Å². The van der Waals surface area contributed by atoms with Crippen molar-refractivity contribution in [2.24, 2.45) is 11.3 Å². The van der Waals surface area contributed by atoms with Gasteiger partial charge in [-0.15, -0.1) is 13.2 Å². The standard InChI is InChI=1S/C26H44N2O5/c1-6-8-9-10-14-23(31)33-18-21(25(3,4)5)27-24(32)20(13-7-2)17-22(30)28-26(19-29)15-11-12-16-26/h6-7,20-21,29H,1-2,8-19H2,3-5H3,(H,27,32)(H,28,30)/t20-,21+/m0/s1. The molecule has 1 aliphatic rings. The zero-order chi connectivity index (χ0) is 24.9. The molecule has 0 unspecified atom stereocenters. The number of carbonyl (C=O) groups is 3. The van der Waals surface area contributed by atoms with E-state index in [0.29, 0.717) is 12.8 Å². The summed E-state index contributed by atoms with van der Waals surface area (Å²) in [6.45, 7) is 13.3. The van der Waals surface area contributed by atoms with E-state index < -0.39 is 17.5 Å². The number of hydrogen-bond acceptors (Lipinski definition) is 5. The highest BCUT2D eigenvalue weighted by Crippen LogP contribution is 2.29. The van der Waals surface area contributed by atoms with E-state index in [1.54, 1.807) is 6.08 Å². The van der Waals surface area contributed by atoms with Crippen LogP contribution in [0.15, 0.2) is 25.3 Å². The first kappa shape index (κ1) is 28.9. The number of aliphatic hydroxyl groups excluding tert-OH is 1. The Hall–Kier alpha value is -2.15. The summed E-state index contributed by atoms with van der Waals surface area (Å²) in [5, 5.41) is 15.7. The van der Waals surface area contributed by atoms with E-state index in [4.69, 9.17) is 4.74 Å². The van der Waals surface area contributed by atoms with Crippen molar-refractivity contribution in [1.82, 2.24) is 10.6 Å². The highest BCUT2D eigenvalue weighted by molar-refractivity contribution is 5.86. The van der Waals surface area contributed by atoms with Crippen LogP contribution in [0, 0.1) is 11.3 Å². The van der Waals surface area contributed by atoms with E-state index in [-0.39, 0.29) is 42.8 Å². The van der Waals surface area contributed by atoms with Crippen molar-refractivity contribution in [1.29, 1.82) is 0 Å². The van der Waals surface area contributed by atoms with Gasteiger partial charge in [0.1, 0.15) is 6.61 Å². The van der Waals surface area contributed by atoms with Gasteiger partial charge in [0.2, 0.25) is 11.8 Å². The Kier molecular flexibility index (Phi) is 12.4. The number of rotatable bonds is 15. The Morgan fingerprint density at radius 1 is 1.12 bits per heavy atom. The average molecular weight is 465 g/mol. The molecule has 1 saturated carbocycles. The van der Waals surface area contributed by atoms with Crippen molar-refractivity contribution in [2.45, 2.75) is 96.6 Å². The third kappa shape index (κ3) is 10.5. The molecule has 0 aromatic heterocycles. The van der Waals surface area contributed by atoms with E-state index >= 15 is 0 Å². The molecule has 0 saturated heterocycles. The van der Waals surface area contributed by atoms with Crippen LogP contribution in [0.3, 0.4) is 0 Å². The molecule has 188 valence electrons. The molecule has 0 aromatic carbocycles. The molecule has 0 aliphatic heterocycles. The van der Waals surface area contributed by atoms with Crippen LogP contribution in [0.4, 0.5) is 0 Å². The molecule has 1 aliphatic carbocycles. The summed E-state index contributed by atoms with van der Waals surface area (Å²) in [6.07, 6.45) is 10.1. The van der Waals surface area contributed by atoms with Gasteiger partial charge in [-0.3, -0.25) is 14.4 Å². The van der Waals surface area contributed by atoms with Crippen molar-refractivity contribution in [3.05, 3.63) is 25.3 Å². The Morgan fingerprint density at radius 2 is 1.79 bits per heavy atom. The van der Waals surface area contributed by atoms with Crippen molar-refractivity contribution in [3.63, 3.8) is 0 Å². The van der Waals surface area contributed by atoms with Crippen LogP contribution in [0.1, 0.15) is 85.0 Å². The third-order valence-corrected chi connectivity index (χ3v) is 6.33. The lowest BCUT2D eigenvalue weighted by molar-refractivity contribution is -0.146. The first-order chi connectivity index (χ1) is 15.6. The van der Waals surface area contributed by atoms with Gasteiger partial charge in [-0.25, -0.2) is 0 Å². The fraction of sp³-hybridized carbons (Fsp3) is 0.731. The summed E-state index contributed by atoms with van der Waals surface area (Å²) in [5.41, 5.74) is -0.912. The summed E-state index contributed by atoms with van der Waals surface area (Å²) in [6, 6.07) is -0.392. The summed E-state index contributed by atoms with van der Waals surface area (Å²) in [5.74, 6) is -1.38. The number of allylic oxidation sites excluding steroid dienone is 2. The first-order valence-electron chi connectivity index (χ1n) is 12.2. The van der Waals surface area contributed by atoms with Crippen LogP contribution in [0.2, 0.25) is 0 Å². The Morgan fingerprint density at radius 3 is 2.33 bits per heavy atom. The van der Waals surface area contributed by atoms with Crippen LogP contribution in [-0.2, 0) is 19.1 Å². The lowest BCUT2D eigenvalue weighted by Crippen LogP contribution is -2.51. The molecule has 3 N–H and O–H groups in total. The fourth-order valence-corrected chi connectivity index (χ4v) is 4.03. The van der Waals surface area contributed by atoms with Crippen molar-refractivity contribution in [2.75, 3.05) is 13.2 Å². The van der Waals surface area contributed by atoms with Gasteiger partial charge in [0.05, 0.1) is 24.1 Å². The predicted molar refractivity (Wildman–Crippen MR) is 130 cm³/mol. The highest BCUT2D eigenvalue weighted by Gasteiger charge is 2.36. The van der Waals surface area contributed by atoms with Gasteiger partial charge in [0.15, 0.2) is 0 Å². The van der Waals surface area contributed by atoms with Crippen molar-refractivity contribution < 1.29 is 24.2 Å². The van der Waals surface area contributed by atoms with E-state index in [0.717, 1.165) is 44.9 Å². The summed E-state index contributed by atoms with van der Waals surface area (Å²) in [4.78, 5) is 37.8. The predicted octanol–water partition coefficient (Wildman–Crippen LogP) is 3.81. The minimum absolute atomic E-state index is 0.0134. The fourth-order valence-electron chi connectivity index (χ4n) is 4.03.